The maximum Gasteiger partial charge on any atom is 0.223 e. The summed E-state index contributed by atoms with van der Waals surface area (Å²) in [4.78, 5) is 14.9. The highest BCUT2D eigenvalue weighted by atomic mass is 35.5. The number of aromatic amines is 1. The van der Waals surface area contributed by atoms with E-state index < -0.39 is 10.8 Å². The lowest BCUT2D eigenvalue weighted by Crippen LogP contribution is -2.12. The molecule has 25 heavy (non-hydrogen) atoms. The van der Waals surface area contributed by atoms with Crippen LogP contribution in [0.4, 0.5) is 0 Å². The minimum Gasteiger partial charge on any atom is -0.494 e. The van der Waals surface area contributed by atoms with Crippen LogP contribution >= 0.6 is 11.6 Å². The van der Waals surface area contributed by atoms with Crippen molar-refractivity contribution in [1.29, 1.82) is 0 Å². The summed E-state index contributed by atoms with van der Waals surface area (Å²) in [6.45, 7) is 2.96. The molecular formula is C18H22ClNO4S. The molecule has 0 aliphatic carbocycles. The molecule has 2 aromatic rings. The van der Waals surface area contributed by atoms with Crippen LogP contribution in [0.15, 0.2) is 41.3 Å². The molecule has 0 aliphatic heterocycles. The van der Waals surface area contributed by atoms with E-state index in [2.05, 4.69) is 4.98 Å². The normalized spacial score (nSPS) is 11.9. The quantitative estimate of drug-likeness (QED) is 0.637. The number of nitrogens with one attached hydrogen (secondary N) is 1. The van der Waals surface area contributed by atoms with Gasteiger partial charge in [0, 0.05) is 39.5 Å². The van der Waals surface area contributed by atoms with E-state index in [0.717, 1.165) is 12.2 Å². The average molecular weight is 384 g/mol. The molecule has 0 saturated heterocycles. The lowest BCUT2D eigenvalue weighted by Gasteiger charge is -2.07. The van der Waals surface area contributed by atoms with Gasteiger partial charge in [0.25, 0.3) is 0 Å². The van der Waals surface area contributed by atoms with E-state index in [-0.39, 0.29) is 5.43 Å². The molecule has 136 valence electrons. The maximum absolute atomic E-state index is 12.1. The fraction of sp³-hybridized carbons (Fsp3) is 0.389. The summed E-state index contributed by atoms with van der Waals surface area (Å²) < 4.78 is 23.0. The van der Waals surface area contributed by atoms with Gasteiger partial charge in [0.1, 0.15) is 5.75 Å². The summed E-state index contributed by atoms with van der Waals surface area (Å²) in [6, 6.07) is 8.57. The van der Waals surface area contributed by atoms with Gasteiger partial charge in [0.2, 0.25) is 5.43 Å². The molecule has 1 unspecified atom stereocenters. The van der Waals surface area contributed by atoms with Crippen LogP contribution < -0.4 is 14.9 Å². The van der Waals surface area contributed by atoms with Gasteiger partial charge in [0.15, 0.2) is 5.75 Å². The summed E-state index contributed by atoms with van der Waals surface area (Å²) in [5.41, 5.74) is 0.455. The number of rotatable bonds is 10. The molecule has 5 nitrogen and oxygen atoms in total. The van der Waals surface area contributed by atoms with Crippen LogP contribution in [0, 0.1) is 0 Å². The second-order valence-corrected chi connectivity index (χ2v) is 7.49. The minimum absolute atomic E-state index is 0.190. The zero-order chi connectivity index (χ0) is 18.1. The molecule has 1 atom stereocenters. The van der Waals surface area contributed by atoms with E-state index in [1.165, 1.54) is 12.3 Å². The number of aromatic nitrogens is 1. The Hall–Kier alpha value is -1.79. The molecule has 1 heterocycles. The fourth-order valence-corrected chi connectivity index (χ4v) is 3.32. The zero-order valence-electron chi connectivity index (χ0n) is 14.1. The van der Waals surface area contributed by atoms with Crippen LogP contribution in [-0.2, 0) is 16.6 Å². The number of benzene rings is 1. The molecule has 1 aromatic carbocycles. The van der Waals surface area contributed by atoms with Gasteiger partial charge in [-0.05, 0) is 37.1 Å². The Morgan fingerprint density at radius 1 is 1.16 bits per heavy atom. The minimum atomic E-state index is -1.06. The molecule has 1 N–H and O–H groups in total. The number of hydrogen-bond donors (Lipinski definition) is 1. The molecule has 2 rings (SSSR count). The van der Waals surface area contributed by atoms with Crippen molar-refractivity contribution in [2.24, 2.45) is 0 Å². The van der Waals surface area contributed by atoms with Gasteiger partial charge in [0.05, 0.1) is 19.0 Å². The SMILES string of the molecule is CCCOc1c[nH]c(CS(=O)CCCOc2ccc(Cl)cc2)cc1=O. The lowest BCUT2D eigenvalue weighted by atomic mass is 10.3. The van der Waals surface area contributed by atoms with Gasteiger partial charge in [-0.1, -0.05) is 18.5 Å². The van der Waals surface area contributed by atoms with Crippen molar-refractivity contribution in [1.82, 2.24) is 4.98 Å². The van der Waals surface area contributed by atoms with Crippen molar-refractivity contribution >= 4 is 22.4 Å². The molecule has 0 aliphatic rings. The standard InChI is InChI=1S/C18H22ClNO4S/c1-2-8-24-18-12-20-15(11-17(18)21)13-25(22)10-3-9-23-16-6-4-14(19)5-7-16/h4-7,11-12H,2-3,8-10,13H2,1H3,(H,20,21). The second-order valence-electron chi connectivity index (χ2n) is 5.48. The van der Waals surface area contributed by atoms with Crippen molar-refractivity contribution in [3.05, 3.63) is 57.5 Å². The summed E-state index contributed by atoms with van der Waals surface area (Å²) in [5, 5.41) is 0.661. The van der Waals surface area contributed by atoms with Crippen LogP contribution in [0.5, 0.6) is 11.5 Å². The zero-order valence-corrected chi connectivity index (χ0v) is 15.7. The number of ether oxygens (including phenoxy) is 2. The predicted octanol–water partition coefficient (Wildman–Crippen LogP) is 3.53. The van der Waals surface area contributed by atoms with Crippen LogP contribution in [0.1, 0.15) is 25.5 Å². The van der Waals surface area contributed by atoms with Crippen LogP contribution in [0.2, 0.25) is 5.02 Å². The number of H-pyrrole nitrogens is 1. The van der Waals surface area contributed by atoms with Crippen LogP contribution in [0.3, 0.4) is 0 Å². The first-order valence-electron chi connectivity index (χ1n) is 8.16. The number of hydrogen-bond acceptors (Lipinski definition) is 4. The first-order valence-corrected chi connectivity index (χ1v) is 10.0. The smallest absolute Gasteiger partial charge is 0.223 e. The molecule has 0 fully saturated rings. The van der Waals surface area contributed by atoms with Crippen molar-refractivity contribution in [2.75, 3.05) is 19.0 Å². The van der Waals surface area contributed by atoms with Gasteiger partial charge in [-0.15, -0.1) is 0 Å². The van der Waals surface area contributed by atoms with Crippen molar-refractivity contribution in [3.8, 4) is 11.5 Å². The van der Waals surface area contributed by atoms with Crippen molar-refractivity contribution in [2.45, 2.75) is 25.5 Å². The molecule has 1 aromatic heterocycles. The maximum atomic E-state index is 12.1. The largest absolute Gasteiger partial charge is 0.494 e. The number of pyridine rings is 1. The average Bonchev–Trinajstić information content (AvgIpc) is 2.59. The van der Waals surface area contributed by atoms with Crippen molar-refractivity contribution in [3.63, 3.8) is 0 Å². The Kier molecular flexibility index (Phi) is 8.01. The number of halogens is 1. The first-order chi connectivity index (χ1) is 12.1. The van der Waals surface area contributed by atoms with Crippen molar-refractivity contribution < 1.29 is 13.7 Å². The Balaban J connectivity index is 1.73. The topological polar surface area (TPSA) is 68.4 Å². The van der Waals surface area contributed by atoms with E-state index in [9.17, 15) is 9.00 Å². The highest BCUT2D eigenvalue weighted by molar-refractivity contribution is 7.84. The third-order valence-corrected chi connectivity index (χ3v) is 4.94. The molecular weight excluding hydrogens is 362 g/mol. The van der Waals surface area contributed by atoms with E-state index in [1.54, 1.807) is 24.3 Å². The highest BCUT2D eigenvalue weighted by Crippen LogP contribution is 2.15. The Morgan fingerprint density at radius 3 is 2.60 bits per heavy atom. The Labute approximate surface area is 154 Å². The first kappa shape index (κ1) is 19.5. The van der Waals surface area contributed by atoms with Crippen LogP contribution in [0.25, 0.3) is 0 Å². The van der Waals surface area contributed by atoms with Gasteiger partial charge in [-0.2, -0.15) is 0 Å². The lowest BCUT2D eigenvalue weighted by molar-refractivity contribution is 0.313. The van der Waals surface area contributed by atoms with Gasteiger partial charge < -0.3 is 14.5 Å². The summed E-state index contributed by atoms with van der Waals surface area (Å²) in [5.74, 6) is 1.85. The molecule has 7 heteroatoms. The molecule has 0 amide bonds. The third-order valence-electron chi connectivity index (χ3n) is 3.31. The monoisotopic (exact) mass is 383 g/mol. The fourth-order valence-electron chi connectivity index (χ4n) is 2.09. The van der Waals surface area contributed by atoms with Gasteiger partial charge in [-0.3, -0.25) is 9.00 Å². The van der Waals surface area contributed by atoms with E-state index >= 15 is 0 Å². The summed E-state index contributed by atoms with van der Waals surface area (Å²) >= 11 is 5.81. The second kappa shape index (κ2) is 10.3. The third kappa shape index (κ3) is 6.92. The Morgan fingerprint density at radius 2 is 1.92 bits per heavy atom. The van der Waals surface area contributed by atoms with E-state index in [0.29, 0.717) is 47.6 Å². The summed E-state index contributed by atoms with van der Waals surface area (Å²) in [7, 11) is -1.06. The van der Waals surface area contributed by atoms with Crippen LogP contribution in [-0.4, -0.2) is 28.2 Å². The predicted molar refractivity (Wildman–Crippen MR) is 101 cm³/mol. The Bertz CT molecular complexity index is 745. The highest BCUT2D eigenvalue weighted by Gasteiger charge is 2.06. The van der Waals surface area contributed by atoms with Gasteiger partial charge >= 0.3 is 0 Å². The molecule has 0 spiro atoms. The molecule has 0 bridgehead atoms. The van der Waals surface area contributed by atoms with E-state index in [4.69, 9.17) is 21.1 Å². The molecule has 0 radical (unpaired) electrons. The molecule has 0 saturated carbocycles. The van der Waals surface area contributed by atoms with Gasteiger partial charge in [-0.25, -0.2) is 0 Å². The summed E-state index contributed by atoms with van der Waals surface area (Å²) in [6.07, 6.45) is 3.04. The van der Waals surface area contributed by atoms with E-state index in [1.807, 2.05) is 6.92 Å².